The Morgan fingerprint density at radius 2 is 1.84 bits per heavy atom. The Morgan fingerprint density at radius 3 is 2.42 bits per heavy atom. The standard InChI is InChI=1S/C23H26FN3O4/c1-23(2,3)31-22(28)26(12-15-7-5-4-6-8-15)21-17-13-25(14-18(17)21)19-10-9-16(24)11-20(19)27(29)30/h4-11,17-18,21H,12-14H2,1-3H3. The summed E-state index contributed by atoms with van der Waals surface area (Å²) in [5.41, 5.74) is 0.608. The molecule has 1 saturated carbocycles. The fraction of sp³-hybridized carbons (Fsp3) is 0.435. The third-order valence-corrected chi connectivity index (χ3v) is 5.81. The Hall–Kier alpha value is -3.16. The monoisotopic (exact) mass is 427 g/mol. The lowest BCUT2D eigenvalue weighted by molar-refractivity contribution is -0.384. The maximum atomic E-state index is 13.5. The molecule has 0 bridgehead atoms. The van der Waals surface area contributed by atoms with Crippen molar-refractivity contribution in [2.45, 2.75) is 39.0 Å². The van der Waals surface area contributed by atoms with Crippen LogP contribution in [0, 0.1) is 27.8 Å². The van der Waals surface area contributed by atoms with Crippen LogP contribution in [0.25, 0.3) is 0 Å². The summed E-state index contributed by atoms with van der Waals surface area (Å²) in [6.45, 7) is 7.13. The minimum atomic E-state index is -0.628. The highest BCUT2D eigenvalue weighted by Gasteiger charge is 2.60. The number of nitrogens with zero attached hydrogens (tertiary/aromatic N) is 3. The molecular weight excluding hydrogens is 401 g/mol. The van der Waals surface area contributed by atoms with Gasteiger partial charge in [-0.3, -0.25) is 10.1 Å². The molecule has 8 heteroatoms. The van der Waals surface area contributed by atoms with Crippen molar-refractivity contribution in [1.82, 2.24) is 4.90 Å². The van der Waals surface area contributed by atoms with Crippen molar-refractivity contribution in [3.63, 3.8) is 0 Å². The molecule has 31 heavy (non-hydrogen) atoms. The second kappa shape index (κ2) is 7.83. The number of nitro benzene ring substituents is 1. The number of rotatable bonds is 5. The van der Waals surface area contributed by atoms with Gasteiger partial charge in [0.15, 0.2) is 0 Å². The summed E-state index contributed by atoms with van der Waals surface area (Å²) in [6.07, 6.45) is -0.352. The molecule has 0 aromatic heterocycles. The van der Waals surface area contributed by atoms with E-state index in [2.05, 4.69) is 0 Å². The van der Waals surface area contributed by atoms with E-state index in [1.807, 2.05) is 56.0 Å². The Bertz CT molecular complexity index is 980. The molecular formula is C23H26FN3O4. The number of ether oxygens (including phenoxy) is 1. The van der Waals surface area contributed by atoms with Crippen LogP contribution in [0.5, 0.6) is 0 Å². The number of benzene rings is 2. The Labute approximate surface area is 180 Å². The first kappa shape index (κ1) is 21.1. The van der Waals surface area contributed by atoms with Crippen LogP contribution in [-0.2, 0) is 11.3 Å². The minimum absolute atomic E-state index is 0.0193. The van der Waals surface area contributed by atoms with E-state index in [1.165, 1.54) is 12.1 Å². The largest absolute Gasteiger partial charge is 0.444 e. The summed E-state index contributed by atoms with van der Waals surface area (Å²) in [5, 5.41) is 11.4. The highest BCUT2D eigenvalue weighted by atomic mass is 19.1. The van der Waals surface area contributed by atoms with Crippen LogP contribution >= 0.6 is 0 Å². The molecule has 4 rings (SSSR count). The highest BCUT2D eigenvalue weighted by Crippen LogP contribution is 2.51. The molecule has 0 radical (unpaired) electrons. The topological polar surface area (TPSA) is 75.9 Å². The molecule has 2 unspecified atom stereocenters. The molecule has 1 heterocycles. The van der Waals surface area contributed by atoms with E-state index >= 15 is 0 Å². The van der Waals surface area contributed by atoms with Crippen molar-refractivity contribution in [2.24, 2.45) is 11.8 Å². The van der Waals surface area contributed by atoms with Gasteiger partial charge in [-0.15, -0.1) is 0 Å². The maximum absolute atomic E-state index is 13.5. The number of piperidine rings is 1. The molecule has 1 aliphatic heterocycles. The van der Waals surface area contributed by atoms with E-state index in [0.717, 1.165) is 11.6 Å². The molecule has 2 aliphatic rings. The van der Waals surface area contributed by atoms with Crippen molar-refractivity contribution in [1.29, 1.82) is 0 Å². The van der Waals surface area contributed by atoms with Gasteiger partial charge in [0.25, 0.3) is 5.69 Å². The zero-order chi connectivity index (χ0) is 22.3. The van der Waals surface area contributed by atoms with Crippen LogP contribution in [0.1, 0.15) is 26.3 Å². The van der Waals surface area contributed by atoms with Crippen molar-refractivity contribution < 1.29 is 18.8 Å². The van der Waals surface area contributed by atoms with E-state index in [1.54, 1.807) is 4.90 Å². The maximum Gasteiger partial charge on any atom is 0.410 e. The second-order valence-electron chi connectivity index (χ2n) is 9.21. The lowest BCUT2D eigenvalue weighted by Gasteiger charge is -2.30. The van der Waals surface area contributed by atoms with E-state index in [0.29, 0.717) is 25.3 Å². The van der Waals surface area contributed by atoms with Crippen LogP contribution in [-0.4, -0.2) is 40.6 Å². The molecule has 2 fully saturated rings. The molecule has 2 atom stereocenters. The molecule has 7 nitrogen and oxygen atoms in total. The zero-order valence-electron chi connectivity index (χ0n) is 17.8. The van der Waals surface area contributed by atoms with E-state index in [4.69, 9.17) is 4.74 Å². The molecule has 2 aromatic carbocycles. The first-order valence-electron chi connectivity index (χ1n) is 10.4. The van der Waals surface area contributed by atoms with Gasteiger partial charge in [-0.05, 0) is 38.5 Å². The number of amides is 1. The second-order valence-corrected chi connectivity index (χ2v) is 9.21. The van der Waals surface area contributed by atoms with Crippen LogP contribution in [0.3, 0.4) is 0 Å². The summed E-state index contributed by atoms with van der Waals surface area (Å²) in [4.78, 5) is 27.5. The zero-order valence-corrected chi connectivity index (χ0v) is 17.8. The summed E-state index contributed by atoms with van der Waals surface area (Å²) in [6, 6.07) is 13.4. The predicted molar refractivity (Wildman–Crippen MR) is 114 cm³/mol. The molecule has 1 saturated heterocycles. The van der Waals surface area contributed by atoms with Crippen molar-refractivity contribution in [2.75, 3.05) is 18.0 Å². The van der Waals surface area contributed by atoms with Gasteiger partial charge < -0.3 is 14.5 Å². The van der Waals surface area contributed by atoms with Gasteiger partial charge in [0, 0.05) is 37.5 Å². The van der Waals surface area contributed by atoms with Gasteiger partial charge in [-0.1, -0.05) is 30.3 Å². The molecule has 2 aromatic rings. The number of hydrogen-bond donors (Lipinski definition) is 0. The highest BCUT2D eigenvalue weighted by molar-refractivity contribution is 5.70. The number of anilines is 1. The average Bonchev–Trinajstić information content (AvgIpc) is 3.17. The van der Waals surface area contributed by atoms with Crippen LogP contribution in [0.2, 0.25) is 0 Å². The third kappa shape index (κ3) is 4.47. The van der Waals surface area contributed by atoms with E-state index < -0.39 is 16.3 Å². The van der Waals surface area contributed by atoms with Crippen molar-refractivity contribution in [3.05, 3.63) is 70.0 Å². The molecule has 164 valence electrons. The SMILES string of the molecule is CC(C)(C)OC(=O)N(Cc1ccccc1)C1C2CN(c3ccc(F)cc3[N+](=O)[O-])CC21. The van der Waals surface area contributed by atoms with E-state index in [-0.39, 0.29) is 29.7 Å². The van der Waals surface area contributed by atoms with Crippen molar-refractivity contribution in [3.8, 4) is 0 Å². The quantitative estimate of drug-likeness (QED) is 0.515. The Balaban J connectivity index is 1.51. The first-order chi connectivity index (χ1) is 14.6. The molecule has 1 amide bonds. The van der Waals surface area contributed by atoms with Gasteiger partial charge in [0.2, 0.25) is 0 Å². The predicted octanol–water partition coefficient (Wildman–Crippen LogP) is 4.61. The number of hydrogen-bond acceptors (Lipinski definition) is 5. The Kier molecular flexibility index (Phi) is 5.33. The lowest BCUT2D eigenvalue weighted by Crippen LogP contribution is -2.41. The van der Waals surface area contributed by atoms with E-state index in [9.17, 15) is 19.3 Å². The summed E-state index contributed by atoms with van der Waals surface area (Å²) in [5.74, 6) is -0.238. The molecule has 1 aliphatic carbocycles. The number of carbonyl (C=O) groups is 1. The van der Waals surface area contributed by atoms with Gasteiger partial charge in [-0.2, -0.15) is 0 Å². The number of halogens is 1. The fourth-order valence-electron chi connectivity index (χ4n) is 4.46. The van der Waals surface area contributed by atoms with Crippen LogP contribution < -0.4 is 4.90 Å². The van der Waals surface area contributed by atoms with Gasteiger partial charge in [0.05, 0.1) is 11.0 Å². The van der Waals surface area contributed by atoms with Gasteiger partial charge >= 0.3 is 6.09 Å². The molecule has 0 N–H and O–H groups in total. The third-order valence-electron chi connectivity index (χ3n) is 5.81. The number of nitro groups is 1. The summed E-state index contributed by atoms with van der Waals surface area (Å²) < 4.78 is 19.2. The van der Waals surface area contributed by atoms with Crippen LogP contribution in [0.4, 0.5) is 20.6 Å². The van der Waals surface area contributed by atoms with Gasteiger partial charge in [0.1, 0.15) is 17.1 Å². The number of fused-ring (bicyclic) bond motifs is 1. The normalized spacial score (nSPS) is 22.1. The molecule has 0 spiro atoms. The smallest absolute Gasteiger partial charge is 0.410 e. The minimum Gasteiger partial charge on any atom is -0.444 e. The summed E-state index contributed by atoms with van der Waals surface area (Å²) >= 11 is 0. The van der Waals surface area contributed by atoms with Crippen molar-refractivity contribution >= 4 is 17.5 Å². The van der Waals surface area contributed by atoms with Gasteiger partial charge in [-0.25, -0.2) is 9.18 Å². The number of carbonyl (C=O) groups excluding carboxylic acids is 1. The lowest BCUT2D eigenvalue weighted by atomic mass is 10.2. The first-order valence-corrected chi connectivity index (χ1v) is 10.4. The average molecular weight is 427 g/mol. The Morgan fingerprint density at radius 1 is 1.19 bits per heavy atom. The summed E-state index contributed by atoms with van der Waals surface area (Å²) in [7, 11) is 0. The van der Waals surface area contributed by atoms with Crippen LogP contribution in [0.15, 0.2) is 48.5 Å². The fourth-order valence-corrected chi connectivity index (χ4v) is 4.46.